The molecule has 40 heavy (non-hydrogen) atoms. The van der Waals surface area contributed by atoms with Crippen LogP contribution in [-0.4, -0.2) is 68.2 Å². The van der Waals surface area contributed by atoms with Crippen LogP contribution in [0.1, 0.15) is 25.7 Å². The Morgan fingerprint density at radius 2 is 1.85 bits per heavy atom. The molecule has 2 atom stereocenters. The number of rotatable bonds is 6. The number of hydrogen-bond acceptors (Lipinski definition) is 9. The molecule has 8 rings (SSSR count). The van der Waals surface area contributed by atoms with Gasteiger partial charge in [0.05, 0.1) is 23.9 Å². The van der Waals surface area contributed by atoms with E-state index in [1.807, 2.05) is 17.0 Å². The predicted molar refractivity (Wildman–Crippen MR) is 147 cm³/mol. The topological polar surface area (TPSA) is 136 Å². The van der Waals surface area contributed by atoms with Crippen LogP contribution in [-0.2, 0) is 4.79 Å². The van der Waals surface area contributed by atoms with Crippen molar-refractivity contribution in [3.8, 4) is 11.4 Å². The molecule has 4 aromatic heterocycles. The first-order valence-electron chi connectivity index (χ1n) is 13.6. The minimum atomic E-state index is -0.850. The van der Waals surface area contributed by atoms with E-state index in [-0.39, 0.29) is 34.4 Å². The average Bonchev–Trinajstić information content (AvgIpc) is 3.65. The fourth-order valence-electron chi connectivity index (χ4n) is 6.66. The van der Waals surface area contributed by atoms with E-state index in [4.69, 9.17) is 16.0 Å². The van der Waals surface area contributed by atoms with Gasteiger partial charge in [-0.3, -0.25) is 4.79 Å². The van der Waals surface area contributed by atoms with Gasteiger partial charge in [0.25, 0.3) is 0 Å². The average molecular weight is 567 g/mol. The highest BCUT2D eigenvalue weighted by molar-refractivity contribution is 6.29. The van der Waals surface area contributed by atoms with Gasteiger partial charge in [-0.25, -0.2) is 19.9 Å². The number of aromatic amines is 1. The van der Waals surface area contributed by atoms with Gasteiger partial charge in [-0.1, -0.05) is 11.6 Å². The molecular weight excluding hydrogens is 539 g/mol. The number of hydrogen-bond donors (Lipinski definition) is 3. The third kappa shape index (κ3) is 4.30. The number of anilines is 3. The molecule has 4 fully saturated rings. The van der Waals surface area contributed by atoms with Crippen molar-refractivity contribution >= 4 is 46.3 Å². The molecular formula is C27H28ClFN8O3. The Labute approximate surface area is 233 Å². The standard InChI is InChI=1S/C27H28ClFN8O3/c28-17-13-31-25-22(32-17)16(12-30-25)23-34-24(33-21-15-5-3-14(4-6-15)19(21)27(38)39)20(29)26(35-23)37-9-7-36(8-10-37)18-2-1-11-40-18/h1-2,11-15,19,21H,3-10H2,(H,30,31)(H,38,39)(H,33,34,35)/t14?,15?,19-,21-/m0/s1. The van der Waals surface area contributed by atoms with E-state index in [9.17, 15) is 9.90 Å². The number of furan rings is 1. The third-order valence-electron chi connectivity index (χ3n) is 8.63. The fourth-order valence-corrected chi connectivity index (χ4v) is 6.79. The normalized spacial score (nSPS) is 24.6. The second kappa shape index (κ2) is 9.92. The molecule has 4 aromatic rings. The fraction of sp³-hybridized carbons (Fsp3) is 0.444. The van der Waals surface area contributed by atoms with Gasteiger partial charge >= 0.3 is 5.97 Å². The second-order valence-electron chi connectivity index (χ2n) is 10.8. The zero-order valence-electron chi connectivity index (χ0n) is 21.6. The number of carbonyl (C=O) groups is 1. The van der Waals surface area contributed by atoms with E-state index in [0.717, 1.165) is 31.6 Å². The maximum atomic E-state index is 16.3. The summed E-state index contributed by atoms with van der Waals surface area (Å²) in [5, 5.41) is 13.5. The van der Waals surface area contributed by atoms with Crippen molar-refractivity contribution in [3.63, 3.8) is 0 Å². The van der Waals surface area contributed by atoms with Gasteiger partial charge in [0.15, 0.2) is 29.0 Å². The summed E-state index contributed by atoms with van der Waals surface area (Å²) in [6.07, 6.45) is 8.37. The number of nitrogens with zero attached hydrogens (tertiary/aromatic N) is 6. The SMILES string of the molecule is O=C(O)[C@H]1C2CCC(CC2)[C@@H]1Nc1nc(-c2c[nH]c3ncc(Cl)nc23)nc(N2CCN(c3ccco3)CC2)c1F. The molecule has 11 nitrogen and oxygen atoms in total. The molecule has 3 N–H and O–H groups in total. The minimum Gasteiger partial charge on any atom is -0.481 e. The molecule has 0 aromatic carbocycles. The molecule has 3 saturated carbocycles. The van der Waals surface area contributed by atoms with Gasteiger partial charge in [-0.15, -0.1) is 0 Å². The maximum absolute atomic E-state index is 16.3. The Bertz CT molecular complexity index is 1550. The van der Waals surface area contributed by atoms with Crippen LogP contribution in [0.3, 0.4) is 0 Å². The molecule has 3 aliphatic carbocycles. The second-order valence-corrected chi connectivity index (χ2v) is 11.1. The van der Waals surface area contributed by atoms with Gasteiger partial charge < -0.3 is 29.6 Å². The predicted octanol–water partition coefficient (Wildman–Crippen LogP) is 4.43. The number of nitrogens with one attached hydrogen (secondary N) is 2. The maximum Gasteiger partial charge on any atom is 0.308 e. The smallest absolute Gasteiger partial charge is 0.308 e. The molecule has 13 heteroatoms. The van der Waals surface area contributed by atoms with E-state index >= 15 is 4.39 Å². The highest BCUT2D eigenvalue weighted by Crippen LogP contribution is 2.46. The molecule has 1 aliphatic heterocycles. The van der Waals surface area contributed by atoms with Gasteiger partial charge in [0.1, 0.15) is 10.7 Å². The van der Waals surface area contributed by atoms with Crippen LogP contribution >= 0.6 is 11.6 Å². The molecule has 1 saturated heterocycles. The lowest BCUT2D eigenvalue weighted by molar-refractivity contribution is -0.148. The summed E-state index contributed by atoms with van der Waals surface area (Å²) in [5.74, 6) is -0.641. The van der Waals surface area contributed by atoms with E-state index in [1.54, 1.807) is 12.5 Å². The van der Waals surface area contributed by atoms with Crippen LogP contribution in [0.15, 0.2) is 35.2 Å². The van der Waals surface area contributed by atoms with Gasteiger partial charge in [-0.05, 0) is 43.6 Å². The largest absolute Gasteiger partial charge is 0.481 e. The van der Waals surface area contributed by atoms with Crippen molar-refractivity contribution in [1.82, 2.24) is 24.9 Å². The van der Waals surface area contributed by atoms with Crippen molar-refractivity contribution in [1.29, 1.82) is 0 Å². The Morgan fingerprint density at radius 1 is 1.10 bits per heavy atom. The quantitative estimate of drug-likeness (QED) is 0.307. The first-order chi connectivity index (χ1) is 19.5. The molecule has 0 spiro atoms. The molecule has 208 valence electrons. The summed E-state index contributed by atoms with van der Waals surface area (Å²) in [5.41, 5.74) is 1.51. The van der Waals surface area contributed by atoms with Crippen LogP contribution in [0, 0.1) is 23.6 Å². The molecule has 5 heterocycles. The van der Waals surface area contributed by atoms with E-state index in [1.165, 1.54) is 6.20 Å². The third-order valence-corrected chi connectivity index (χ3v) is 8.81. The van der Waals surface area contributed by atoms with Crippen molar-refractivity contribution in [2.75, 3.05) is 41.3 Å². The number of halogens is 2. The summed E-state index contributed by atoms with van der Waals surface area (Å²) >= 11 is 6.13. The summed E-state index contributed by atoms with van der Waals surface area (Å²) in [4.78, 5) is 37.3. The van der Waals surface area contributed by atoms with Crippen molar-refractivity contribution in [3.05, 3.63) is 41.8 Å². The summed E-state index contributed by atoms with van der Waals surface area (Å²) in [7, 11) is 0. The molecule has 4 aliphatic rings. The molecule has 2 bridgehead atoms. The number of piperazine rings is 1. The molecule has 0 unspecified atom stereocenters. The monoisotopic (exact) mass is 566 g/mol. The number of H-pyrrole nitrogens is 1. The van der Waals surface area contributed by atoms with Crippen LogP contribution in [0.25, 0.3) is 22.6 Å². The molecule has 0 radical (unpaired) electrons. The Hall–Kier alpha value is -3.93. The van der Waals surface area contributed by atoms with Crippen LogP contribution in [0.5, 0.6) is 0 Å². The zero-order chi connectivity index (χ0) is 27.4. The van der Waals surface area contributed by atoms with Crippen molar-refractivity contribution in [2.24, 2.45) is 17.8 Å². The lowest BCUT2D eigenvalue weighted by Gasteiger charge is -2.47. The van der Waals surface area contributed by atoms with Gasteiger partial charge in [-0.2, -0.15) is 4.39 Å². The Morgan fingerprint density at radius 3 is 2.58 bits per heavy atom. The van der Waals surface area contributed by atoms with Crippen LogP contribution in [0.4, 0.5) is 21.9 Å². The van der Waals surface area contributed by atoms with Gasteiger partial charge in [0.2, 0.25) is 5.82 Å². The minimum absolute atomic E-state index is 0.00148. The number of aromatic nitrogens is 5. The van der Waals surface area contributed by atoms with E-state index in [0.29, 0.717) is 42.9 Å². The number of carboxylic acid groups (broad SMARTS) is 1. The highest BCUT2D eigenvalue weighted by Gasteiger charge is 2.47. The lowest BCUT2D eigenvalue weighted by Crippen LogP contribution is -2.51. The zero-order valence-corrected chi connectivity index (χ0v) is 22.3. The first-order valence-corrected chi connectivity index (χ1v) is 13.9. The number of fused-ring (bicyclic) bond motifs is 4. The molecule has 0 amide bonds. The van der Waals surface area contributed by atoms with E-state index < -0.39 is 23.7 Å². The highest BCUT2D eigenvalue weighted by atomic mass is 35.5. The van der Waals surface area contributed by atoms with Gasteiger partial charge in [0, 0.05) is 44.5 Å². The van der Waals surface area contributed by atoms with Crippen molar-refractivity contribution in [2.45, 2.75) is 31.7 Å². The summed E-state index contributed by atoms with van der Waals surface area (Å²) in [6.45, 7) is 2.27. The number of carboxylic acids is 1. The first kappa shape index (κ1) is 25.1. The lowest BCUT2D eigenvalue weighted by atomic mass is 9.61. The summed E-state index contributed by atoms with van der Waals surface area (Å²) in [6, 6.07) is 3.33. The Balaban J connectivity index is 1.28. The van der Waals surface area contributed by atoms with Crippen LogP contribution in [0.2, 0.25) is 5.15 Å². The van der Waals surface area contributed by atoms with Crippen molar-refractivity contribution < 1.29 is 18.7 Å². The van der Waals surface area contributed by atoms with Crippen LogP contribution < -0.4 is 15.1 Å². The number of aliphatic carboxylic acids is 1. The Kier molecular flexibility index (Phi) is 6.21. The van der Waals surface area contributed by atoms with E-state index in [2.05, 4.69) is 35.1 Å². The summed E-state index contributed by atoms with van der Waals surface area (Å²) < 4.78 is 21.8.